The highest BCUT2D eigenvalue weighted by Crippen LogP contribution is 2.00. The fourth-order valence-corrected chi connectivity index (χ4v) is 1.01. The number of nitrogens with two attached hydrogens (primary N) is 1. The molecule has 228 valence electrons. The number of nitrogens with zero attached hydrogens (tertiary/aromatic N) is 1. The minimum Gasteiger partial charge on any atom is -0.395 e. The van der Waals surface area contributed by atoms with Crippen molar-refractivity contribution in [1.82, 2.24) is 4.90 Å². The number of rotatable bonds is 7. The lowest BCUT2D eigenvalue weighted by molar-refractivity contribution is -0.0669. The van der Waals surface area contributed by atoms with Gasteiger partial charge in [-0.15, -0.1) is 83.0 Å². The molecular formula is C30H53Cl3N2O3S. The maximum atomic E-state index is 7.92. The van der Waals surface area contributed by atoms with Crippen LogP contribution in [0.4, 0.5) is 0 Å². The van der Waals surface area contributed by atoms with E-state index in [2.05, 4.69) is 79.1 Å². The minimum absolute atomic E-state index is 0. The number of hydrogen-bond acceptors (Lipinski definition) is 6. The first-order chi connectivity index (χ1) is 15.9. The van der Waals surface area contributed by atoms with Gasteiger partial charge in [0.25, 0.3) is 0 Å². The predicted molar refractivity (Wildman–Crippen MR) is 185 cm³/mol. The summed E-state index contributed by atoms with van der Waals surface area (Å²) in [6, 6.07) is 0. The van der Waals surface area contributed by atoms with E-state index >= 15 is 0 Å². The minimum atomic E-state index is 0. The van der Waals surface area contributed by atoms with E-state index in [1.807, 2.05) is 14.1 Å². The molecule has 0 atom stereocenters. The Morgan fingerprint density at radius 3 is 1.49 bits per heavy atom. The maximum Gasteiger partial charge on any atom is 0.124 e. The molecule has 0 fully saturated rings. The van der Waals surface area contributed by atoms with Gasteiger partial charge in [0.15, 0.2) is 0 Å². The van der Waals surface area contributed by atoms with Crippen LogP contribution in [0.5, 0.6) is 0 Å². The fraction of sp³-hybridized carbons (Fsp3) is 0.533. The van der Waals surface area contributed by atoms with Crippen LogP contribution in [0.2, 0.25) is 0 Å². The van der Waals surface area contributed by atoms with Crippen molar-refractivity contribution < 1.29 is 13.9 Å². The molecule has 0 amide bonds. The third-order valence-corrected chi connectivity index (χ3v) is 2.57. The zero-order valence-corrected chi connectivity index (χ0v) is 24.1. The molecule has 0 bridgehead atoms. The normalized spacial score (nSPS) is 5.74. The molecule has 0 aromatic heterocycles. The number of hydrogen-bond donors (Lipinski definition) is 2. The van der Waals surface area contributed by atoms with E-state index in [-0.39, 0.29) is 61.1 Å². The SMILES string of the molecule is C.C.C.C.C#CCCC.C#CCCN.C#CCCN(C)C.C#CCCO.CC#CC#CC#CSOOCl.Cl.Cl. The molecule has 0 aliphatic carbocycles. The molecule has 0 radical (unpaired) electrons. The quantitative estimate of drug-likeness (QED) is 0.103. The molecule has 0 rings (SSSR count). The van der Waals surface area contributed by atoms with Crippen molar-refractivity contribution in [3.8, 4) is 84.2 Å². The standard InChI is InChI=1S/C7H3ClO2S.C6H11N.C5H8.C4H7N.C4H6O.4CH4.2ClH/c1-2-3-4-5-6-7-11-10-9-8;1-4-5-6-7(2)3;1-3-5-4-2;2*1-2-3-4-5;;;;;;/h1H3;1H,5-6H2,2-3H3;1H,4-5H2,2H3;1H,3-5H2;1,5H,3-4H2;4*1H4;2*1H. The van der Waals surface area contributed by atoms with Gasteiger partial charge in [0.05, 0.1) is 6.61 Å². The lowest BCUT2D eigenvalue weighted by Crippen LogP contribution is -2.11. The Bertz CT molecular complexity index is 709. The average molecular weight is 628 g/mol. The van der Waals surface area contributed by atoms with Gasteiger partial charge < -0.3 is 15.7 Å². The van der Waals surface area contributed by atoms with Crippen LogP contribution in [0.1, 0.15) is 75.7 Å². The summed E-state index contributed by atoms with van der Waals surface area (Å²) in [5.41, 5.74) is 5.00. The Morgan fingerprint density at radius 1 is 0.821 bits per heavy atom. The van der Waals surface area contributed by atoms with E-state index in [0.717, 1.165) is 37.8 Å². The Kier molecular flexibility index (Phi) is 166. The molecule has 0 saturated carbocycles. The maximum absolute atomic E-state index is 7.92. The van der Waals surface area contributed by atoms with Crippen LogP contribution < -0.4 is 5.73 Å². The number of halogens is 3. The zero-order valence-electron chi connectivity index (χ0n) is 20.9. The van der Waals surface area contributed by atoms with E-state index in [0.29, 0.717) is 19.4 Å². The van der Waals surface area contributed by atoms with Gasteiger partial charge >= 0.3 is 0 Å². The summed E-state index contributed by atoms with van der Waals surface area (Å²) in [4.78, 5) is 2.07. The Labute approximate surface area is 266 Å². The van der Waals surface area contributed by atoms with Gasteiger partial charge in [-0.1, -0.05) is 42.6 Å². The van der Waals surface area contributed by atoms with Gasteiger partial charge in [-0.2, -0.15) is 0 Å². The fourth-order valence-electron chi connectivity index (χ4n) is 0.782. The van der Waals surface area contributed by atoms with Gasteiger partial charge in [0, 0.05) is 49.9 Å². The third kappa shape index (κ3) is 163. The lowest BCUT2D eigenvalue weighted by Gasteiger charge is -2.03. The Balaban J connectivity index is -0.0000000279. The first-order valence-electron chi connectivity index (χ1n) is 9.65. The molecule has 0 aromatic rings. The van der Waals surface area contributed by atoms with Crippen molar-refractivity contribution in [2.24, 2.45) is 5.73 Å². The number of unbranched alkanes of at least 4 members (excludes halogenated alkanes) is 1. The highest BCUT2D eigenvalue weighted by atomic mass is 35.5. The van der Waals surface area contributed by atoms with Crippen LogP contribution in [-0.2, 0) is 8.77 Å². The second kappa shape index (κ2) is 91.1. The zero-order chi connectivity index (χ0) is 26.4. The van der Waals surface area contributed by atoms with Gasteiger partial charge in [-0.3, -0.25) is 0 Å². The molecule has 5 nitrogen and oxygen atoms in total. The van der Waals surface area contributed by atoms with Crippen LogP contribution in [-0.4, -0.2) is 43.8 Å². The van der Waals surface area contributed by atoms with Crippen LogP contribution >= 0.6 is 48.7 Å². The summed E-state index contributed by atoms with van der Waals surface area (Å²) in [6.07, 6.45) is 23.5. The third-order valence-electron chi connectivity index (χ3n) is 2.11. The van der Waals surface area contributed by atoms with Crippen molar-refractivity contribution in [3.63, 3.8) is 0 Å². The monoisotopic (exact) mass is 626 g/mol. The molecule has 0 saturated heterocycles. The summed E-state index contributed by atoms with van der Waals surface area (Å²) in [5, 5.41) is 10.4. The summed E-state index contributed by atoms with van der Waals surface area (Å²) >= 11 is 5.44. The predicted octanol–water partition coefficient (Wildman–Crippen LogP) is 7.07. The Hall–Kier alpha value is -2.06. The van der Waals surface area contributed by atoms with Crippen LogP contribution in [0, 0.1) is 84.2 Å². The highest BCUT2D eigenvalue weighted by Gasteiger charge is 1.81. The number of aliphatic hydroxyl groups excluding tert-OH is 1. The van der Waals surface area contributed by atoms with Crippen molar-refractivity contribution in [2.45, 2.75) is 75.7 Å². The van der Waals surface area contributed by atoms with Gasteiger partial charge in [-0.25, -0.2) is 0 Å². The van der Waals surface area contributed by atoms with Crippen LogP contribution in [0.3, 0.4) is 0 Å². The molecule has 0 unspecified atom stereocenters. The van der Waals surface area contributed by atoms with Gasteiger partial charge in [0.2, 0.25) is 0 Å². The van der Waals surface area contributed by atoms with Crippen LogP contribution in [0.25, 0.3) is 0 Å². The average Bonchev–Trinajstić information content (AvgIpc) is 2.80. The Morgan fingerprint density at radius 2 is 1.28 bits per heavy atom. The van der Waals surface area contributed by atoms with E-state index < -0.39 is 0 Å². The van der Waals surface area contributed by atoms with Gasteiger partial charge in [-0.05, 0) is 45.2 Å². The smallest absolute Gasteiger partial charge is 0.124 e. The molecule has 9 heteroatoms. The summed E-state index contributed by atoms with van der Waals surface area (Å²) in [6.45, 7) is 5.48. The molecular weight excluding hydrogens is 575 g/mol. The van der Waals surface area contributed by atoms with Crippen molar-refractivity contribution in [3.05, 3.63) is 0 Å². The number of terminal acetylenes is 4. The summed E-state index contributed by atoms with van der Waals surface area (Å²) < 4.78 is 7.87. The van der Waals surface area contributed by atoms with Gasteiger partial charge in [0.1, 0.15) is 23.9 Å². The van der Waals surface area contributed by atoms with Crippen molar-refractivity contribution in [2.75, 3.05) is 33.8 Å². The van der Waals surface area contributed by atoms with Crippen LogP contribution in [0.15, 0.2) is 0 Å². The van der Waals surface area contributed by atoms with E-state index in [1.54, 1.807) is 6.92 Å². The van der Waals surface area contributed by atoms with Crippen molar-refractivity contribution in [1.29, 1.82) is 0 Å². The van der Waals surface area contributed by atoms with E-state index in [9.17, 15) is 0 Å². The van der Waals surface area contributed by atoms with Crippen molar-refractivity contribution >= 4 is 48.7 Å². The molecule has 39 heavy (non-hydrogen) atoms. The molecule has 0 aromatic carbocycles. The first kappa shape index (κ1) is 70.9. The first-order valence-corrected chi connectivity index (χ1v) is 10.7. The van der Waals surface area contributed by atoms with E-state index in [1.165, 1.54) is 0 Å². The second-order valence-electron chi connectivity index (χ2n) is 5.20. The second-order valence-corrected chi connectivity index (χ2v) is 5.83. The molecule has 3 N–H and O–H groups in total. The number of aliphatic hydroxyl groups is 1. The lowest BCUT2D eigenvalue weighted by atomic mass is 10.4. The molecule has 0 aliphatic rings. The molecule has 0 heterocycles. The highest BCUT2D eigenvalue weighted by molar-refractivity contribution is 7.99. The molecule has 0 spiro atoms. The largest absolute Gasteiger partial charge is 0.395 e. The molecule has 0 aliphatic heterocycles. The summed E-state index contributed by atoms with van der Waals surface area (Å²) in [5.74, 6) is 22.2. The topological polar surface area (TPSA) is 68.0 Å². The van der Waals surface area contributed by atoms with E-state index in [4.69, 9.17) is 48.4 Å². The summed E-state index contributed by atoms with van der Waals surface area (Å²) in [7, 11) is 4.02.